The van der Waals surface area contributed by atoms with Crippen molar-refractivity contribution in [2.75, 3.05) is 0 Å². The number of aromatic nitrogens is 1. The van der Waals surface area contributed by atoms with Gasteiger partial charge in [-0.1, -0.05) is 36.4 Å². The van der Waals surface area contributed by atoms with E-state index in [0.717, 1.165) is 0 Å². The van der Waals surface area contributed by atoms with Crippen LogP contribution in [0.4, 0.5) is 17.1 Å². The normalized spacial score (nSPS) is 11.1. The molecule has 0 atom stereocenters. The lowest BCUT2D eigenvalue weighted by Crippen LogP contribution is -1.95. The number of rotatable bonds is 3. The van der Waals surface area contributed by atoms with Gasteiger partial charge in [0.05, 0.1) is 10.6 Å². The number of H-pyrrole nitrogens is 1. The van der Waals surface area contributed by atoms with Crippen molar-refractivity contribution in [3.05, 3.63) is 75.1 Å². The third-order valence-electron chi connectivity index (χ3n) is 3.09. The average Bonchev–Trinajstić information content (AvgIpc) is 2.67. The fraction of sp³-hybridized carbons (Fsp3) is 0. The van der Waals surface area contributed by atoms with Crippen LogP contribution in [0, 0.1) is 10.1 Å². The molecule has 0 saturated carbocycles. The van der Waals surface area contributed by atoms with Crippen LogP contribution in [0.5, 0.6) is 0 Å². The molecule has 0 amide bonds. The molecule has 1 aliphatic carbocycles. The molecule has 7 heteroatoms. The van der Waals surface area contributed by atoms with Crippen LogP contribution in [0.15, 0.2) is 69.6 Å². The molecule has 0 aromatic heterocycles. The van der Waals surface area contributed by atoms with Crippen LogP contribution in [-0.4, -0.2) is 9.91 Å². The van der Waals surface area contributed by atoms with Gasteiger partial charge in [-0.2, -0.15) is 0 Å². The lowest BCUT2D eigenvalue weighted by atomic mass is 10.2. The first-order valence-corrected chi connectivity index (χ1v) is 6.43. The number of para-hydroxylation sites is 1. The quantitative estimate of drug-likeness (QED) is 0.451. The summed E-state index contributed by atoms with van der Waals surface area (Å²) in [5.41, 5.74) is 0.919. The summed E-state index contributed by atoms with van der Waals surface area (Å²) < 4.78 is 0. The fourth-order valence-electron chi connectivity index (χ4n) is 2.07. The summed E-state index contributed by atoms with van der Waals surface area (Å²) >= 11 is 0. The molecule has 0 fully saturated rings. The molecule has 0 bridgehead atoms. The number of nitro benzene ring substituents is 1. The standard InChI is InChI=1S/C15H10N4O3/c20-15-14(10-6-2-1-3-7-11(10)16-15)18-17-12-8-4-5-9-13(12)19(21)22/h1-9H,(H,16,20). The minimum atomic E-state index is -0.540. The van der Waals surface area contributed by atoms with Crippen molar-refractivity contribution in [1.29, 1.82) is 0 Å². The molecule has 0 unspecified atom stereocenters. The smallest absolute Gasteiger partial charge is 0.296 e. The van der Waals surface area contributed by atoms with E-state index in [9.17, 15) is 14.9 Å². The van der Waals surface area contributed by atoms with Gasteiger partial charge in [-0.05, 0) is 12.1 Å². The van der Waals surface area contributed by atoms with Crippen molar-refractivity contribution in [3.8, 4) is 11.3 Å². The molecule has 3 rings (SSSR count). The van der Waals surface area contributed by atoms with Crippen molar-refractivity contribution < 1.29 is 4.92 Å². The molecule has 2 aliphatic rings. The van der Waals surface area contributed by atoms with Gasteiger partial charge in [-0.3, -0.25) is 14.9 Å². The summed E-state index contributed by atoms with van der Waals surface area (Å²) in [6.45, 7) is 0. The summed E-state index contributed by atoms with van der Waals surface area (Å²) in [6.07, 6.45) is 0. The molecule has 1 N–H and O–H groups in total. The maximum absolute atomic E-state index is 11.9. The highest BCUT2D eigenvalue weighted by Gasteiger charge is 2.15. The van der Waals surface area contributed by atoms with E-state index in [-0.39, 0.29) is 22.6 Å². The first kappa shape index (κ1) is 13.6. The number of aromatic amines is 1. The van der Waals surface area contributed by atoms with Crippen LogP contribution in [0.1, 0.15) is 0 Å². The van der Waals surface area contributed by atoms with Crippen LogP contribution in [-0.2, 0) is 0 Å². The van der Waals surface area contributed by atoms with Gasteiger partial charge in [0.15, 0.2) is 11.4 Å². The van der Waals surface area contributed by atoms with Gasteiger partial charge in [0, 0.05) is 11.6 Å². The Kier molecular flexibility index (Phi) is 3.45. The minimum Gasteiger partial charge on any atom is -0.320 e. The number of nitrogens with one attached hydrogen (secondary N) is 1. The predicted octanol–water partition coefficient (Wildman–Crippen LogP) is 3.80. The number of nitrogens with zero attached hydrogens (tertiary/aromatic N) is 3. The third kappa shape index (κ3) is 2.47. The summed E-state index contributed by atoms with van der Waals surface area (Å²) in [7, 11) is 0. The molecule has 1 aromatic rings. The highest BCUT2D eigenvalue weighted by atomic mass is 16.6. The molecular formula is C15H10N4O3. The molecule has 22 heavy (non-hydrogen) atoms. The fourth-order valence-corrected chi connectivity index (χ4v) is 2.07. The van der Waals surface area contributed by atoms with Crippen LogP contribution < -0.4 is 5.56 Å². The van der Waals surface area contributed by atoms with Gasteiger partial charge in [0.25, 0.3) is 11.2 Å². The predicted molar refractivity (Wildman–Crippen MR) is 81.0 cm³/mol. The van der Waals surface area contributed by atoms with E-state index in [1.165, 1.54) is 12.1 Å². The van der Waals surface area contributed by atoms with Gasteiger partial charge in [-0.15, -0.1) is 10.2 Å². The van der Waals surface area contributed by atoms with Crippen molar-refractivity contribution in [3.63, 3.8) is 0 Å². The number of azo groups is 1. The van der Waals surface area contributed by atoms with E-state index >= 15 is 0 Å². The molecule has 7 nitrogen and oxygen atoms in total. The Balaban J connectivity index is 2.07. The van der Waals surface area contributed by atoms with Crippen LogP contribution in [0.2, 0.25) is 0 Å². The summed E-state index contributed by atoms with van der Waals surface area (Å²) in [6, 6.07) is 14.9. The highest BCUT2D eigenvalue weighted by molar-refractivity contribution is 5.74. The van der Waals surface area contributed by atoms with Crippen molar-refractivity contribution in [1.82, 2.24) is 4.98 Å². The topological polar surface area (TPSA) is 101 Å². The van der Waals surface area contributed by atoms with Gasteiger partial charge < -0.3 is 4.98 Å². The largest absolute Gasteiger partial charge is 0.320 e. The van der Waals surface area contributed by atoms with E-state index in [1.54, 1.807) is 36.4 Å². The Labute approximate surface area is 124 Å². The van der Waals surface area contributed by atoms with E-state index in [4.69, 9.17) is 0 Å². The van der Waals surface area contributed by atoms with Crippen molar-refractivity contribution >= 4 is 17.1 Å². The van der Waals surface area contributed by atoms with E-state index in [1.807, 2.05) is 6.07 Å². The monoisotopic (exact) mass is 294 g/mol. The average molecular weight is 294 g/mol. The zero-order valence-electron chi connectivity index (χ0n) is 11.3. The Morgan fingerprint density at radius 2 is 1.68 bits per heavy atom. The van der Waals surface area contributed by atoms with Gasteiger partial charge >= 0.3 is 0 Å². The zero-order valence-corrected chi connectivity index (χ0v) is 11.3. The SMILES string of the molecule is O=c1[nH]c2cccccc-2c1N=Nc1ccccc1[N+](=O)[O-]. The lowest BCUT2D eigenvalue weighted by Gasteiger charge is -1.95. The lowest BCUT2D eigenvalue weighted by molar-refractivity contribution is -0.384. The Morgan fingerprint density at radius 1 is 0.955 bits per heavy atom. The number of nitro groups is 1. The van der Waals surface area contributed by atoms with E-state index in [0.29, 0.717) is 11.3 Å². The second-order valence-electron chi connectivity index (χ2n) is 4.49. The first-order valence-electron chi connectivity index (χ1n) is 6.43. The molecule has 1 heterocycles. The molecule has 1 aromatic carbocycles. The number of hydrogen-bond donors (Lipinski definition) is 1. The molecular weight excluding hydrogens is 284 g/mol. The number of hydrogen-bond acceptors (Lipinski definition) is 5. The molecule has 0 spiro atoms. The molecule has 0 radical (unpaired) electrons. The van der Waals surface area contributed by atoms with Crippen molar-refractivity contribution in [2.45, 2.75) is 0 Å². The summed E-state index contributed by atoms with van der Waals surface area (Å²) in [4.78, 5) is 25.0. The molecule has 0 saturated heterocycles. The third-order valence-corrected chi connectivity index (χ3v) is 3.09. The van der Waals surface area contributed by atoms with E-state index < -0.39 is 4.92 Å². The maximum atomic E-state index is 11.9. The second-order valence-corrected chi connectivity index (χ2v) is 4.49. The summed E-state index contributed by atoms with van der Waals surface area (Å²) in [5, 5.41) is 18.7. The first-order chi connectivity index (χ1) is 10.7. The highest BCUT2D eigenvalue weighted by Crippen LogP contribution is 2.31. The second kappa shape index (κ2) is 5.57. The van der Waals surface area contributed by atoms with Crippen LogP contribution >= 0.6 is 0 Å². The number of benzene rings is 1. The zero-order chi connectivity index (χ0) is 15.5. The van der Waals surface area contributed by atoms with Crippen LogP contribution in [0.3, 0.4) is 0 Å². The van der Waals surface area contributed by atoms with Crippen molar-refractivity contribution in [2.24, 2.45) is 10.2 Å². The van der Waals surface area contributed by atoms with Gasteiger partial charge in [0.2, 0.25) is 0 Å². The summed E-state index contributed by atoms with van der Waals surface area (Å²) in [5.74, 6) is 0. The van der Waals surface area contributed by atoms with E-state index in [2.05, 4.69) is 15.2 Å². The molecule has 108 valence electrons. The van der Waals surface area contributed by atoms with Crippen LogP contribution in [0.25, 0.3) is 11.3 Å². The molecule has 1 aliphatic heterocycles. The Bertz CT molecular complexity index is 901. The Morgan fingerprint density at radius 3 is 2.50 bits per heavy atom. The van der Waals surface area contributed by atoms with Gasteiger partial charge in [0.1, 0.15) is 0 Å². The number of fused-ring (bicyclic) bond motifs is 1. The minimum absolute atomic E-state index is 0.0987. The van der Waals surface area contributed by atoms with Gasteiger partial charge in [-0.25, -0.2) is 0 Å². The maximum Gasteiger partial charge on any atom is 0.296 e. The Hall–Kier alpha value is -3.35.